The Labute approximate surface area is 182 Å². The van der Waals surface area contributed by atoms with Crippen LogP contribution in [0.5, 0.6) is 11.6 Å². The summed E-state index contributed by atoms with van der Waals surface area (Å²) in [6.07, 6.45) is 2.88. The number of hydrogen-bond acceptors (Lipinski definition) is 4. The van der Waals surface area contributed by atoms with Gasteiger partial charge in [-0.05, 0) is 36.2 Å². The van der Waals surface area contributed by atoms with Crippen molar-refractivity contribution in [2.75, 3.05) is 33.9 Å². The molecule has 0 spiro atoms. The highest BCUT2D eigenvalue weighted by molar-refractivity contribution is 14.0. The summed E-state index contributed by atoms with van der Waals surface area (Å²) in [6.45, 7) is 3.35. The predicted octanol–water partition coefficient (Wildman–Crippen LogP) is 3.67. The molecule has 1 unspecified atom stereocenters. The molecule has 0 bridgehead atoms. The first-order valence-corrected chi connectivity index (χ1v) is 9.01. The molecule has 0 radical (unpaired) electrons. The van der Waals surface area contributed by atoms with Gasteiger partial charge in [0.05, 0.1) is 6.61 Å². The van der Waals surface area contributed by atoms with Crippen molar-refractivity contribution in [1.29, 1.82) is 0 Å². The van der Waals surface area contributed by atoms with E-state index in [1.54, 1.807) is 38.6 Å². The first-order chi connectivity index (χ1) is 13.2. The van der Waals surface area contributed by atoms with Crippen LogP contribution in [0.3, 0.4) is 0 Å². The van der Waals surface area contributed by atoms with Crippen LogP contribution in [0.2, 0.25) is 0 Å². The molecule has 1 aromatic heterocycles. The minimum atomic E-state index is -0.295. The molecular weight excluding hydrogens is 474 g/mol. The molecule has 3 rings (SSSR count). The summed E-state index contributed by atoms with van der Waals surface area (Å²) < 4.78 is 23.8. The van der Waals surface area contributed by atoms with Crippen molar-refractivity contribution in [2.24, 2.45) is 10.9 Å². The van der Waals surface area contributed by atoms with Gasteiger partial charge in [0.15, 0.2) is 5.96 Å². The summed E-state index contributed by atoms with van der Waals surface area (Å²) >= 11 is 0. The maximum atomic E-state index is 12.9. The van der Waals surface area contributed by atoms with Crippen LogP contribution in [-0.2, 0) is 11.3 Å². The van der Waals surface area contributed by atoms with Crippen molar-refractivity contribution in [1.82, 2.24) is 15.2 Å². The average Bonchev–Trinajstić information content (AvgIpc) is 3.14. The van der Waals surface area contributed by atoms with Crippen LogP contribution in [0.15, 0.2) is 47.6 Å². The molecule has 2 aromatic rings. The van der Waals surface area contributed by atoms with E-state index in [1.807, 2.05) is 6.07 Å². The van der Waals surface area contributed by atoms with Crippen molar-refractivity contribution < 1.29 is 13.9 Å². The van der Waals surface area contributed by atoms with Crippen LogP contribution in [0.1, 0.15) is 12.0 Å². The number of nitrogens with zero attached hydrogens (tertiary/aromatic N) is 3. The summed E-state index contributed by atoms with van der Waals surface area (Å²) in [4.78, 5) is 10.9. The molecule has 1 atom stereocenters. The second-order valence-corrected chi connectivity index (χ2v) is 6.52. The zero-order valence-electron chi connectivity index (χ0n) is 16.1. The summed E-state index contributed by atoms with van der Waals surface area (Å²) in [5, 5.41) is 3.38. The molecule has 0 saturated carbocycles. The molecule has 28 heavy (non-hydrogen) atoms. The lowest BCUT2D eigenvalue weighted by Gasteiger charge is -2.21. The molecule has 1 saturated heterocycles. The number of guanidine groups is 1. The van der Waals surface area contributed by atoms with Gasteiger partial charge in [0.1, 0.15) is 11.6 Å². The number of hydrogen-bond donors (Lipinski definition) is 1. The van der Waals surface area contributed by atoms with E-state index < -0.39 is 0 Å². The molecule has 152 valence electrons. The number of pyridine rings is 1. The quantitative estimate of drug-likeness (QED) is 0.373. The van der Waals surface area contributed by atoms with E-state index in [-0.39, 0.29) is 29.8 Å². The van der Waals surface area contributed by atoms with Gasteiger partial charge < -0.3 is 19.7 Å². The first-order valence-electron chi connectivity index (χ1n) is 9.01. The SMILES string of the molecule is CN=C(NCc1ccc(Oc2ccc(F)cc2)nc1)N1CCC(COC)C1.I. The third-order valence-electron chi connectivity index (χ3n) is 4.48. The predicted molar refractivity (Wildman–Crippen MR) is 118 cm³/mol. The van der Waals surface area contributed by atoms with Crippen LogP contribution in [0.25, 0.3) is 0 Å². The molecule has 6 nitrogen and oxygen atoms in total. The van der Waals surface area contributed by atoms with Gasteiger partial charge in [-0.3, -0.25) is 4.99 Å². The molecule has 0 aliphatic carbocycles. The van der Waals surface area contributed by atoms with E-state index in [0.29, 0.717) is 24.1 Å². The Kier molecular flexibility index (Phi) is 8.91. The summed E-state index contributed by atoms with van der Waals surface area (Å²) in [5.74, 6) is 2.17. The number of rotatable bonds is 6. The second-order valence-electron chi connectivity index (χ2n) is 6.52. The number of methoxy groups -OCH3 is 1. The van der Waals surface area contributed by atoms with Crippen molar-refractivity contribution in [2.45, 2.75) is 13.0 Å². The third-order valence-corrected chi connectivity index (χ3v) is 4.48. The van der Waals surface area contributed by atoms with E-state index in [1.165, 1.54) is 12.1 Å². The van der Waals surface area contributed by atoms with E-state index >= 15 is 0 Å². The minimum absolute atomic E-state index is 0. The fraction of sp³-hybridized carbons (Fsp3) is 0.400. The lowest BCUT2D eigenvalue weighted by atomic mass is 10.1. The molecular formula is C20H26FIN4O2. The number of nitrogens with one attached hydrogen (secondary N) is 1. The summed E-state index contributed by atoms with van der Waals surface area (Å²) in [6, 6.07) is 9.60. The summed E-state index contributed by atoms with van der Waals surface area (Å²) in [7, 11) is 3.54. The van der Waals surface area contributed by atoms with E-state index in [9.17, 15) is 4.39 Å². The molecule has 1 aliphatic rings. The fourth-order valence-corrected chi connectivity index (χ4v) is 3.11. The summed E-state index contributed by atoms with van der Waals surface area (Å²) in [5.41, 5.74) is 1.02. The zero-order chi connectivity index (χ0) is 19.1. The Balaban J connectivity index is 0.00000280. The van der Waals surface area contributed by atoms with Crippen LogP contribution < -0.4 is 10.1 Å². The highest BCUT2D eigenvalue weighted by atomic mass is 127. The van der Waals surface area contributed by atoms with Crippen molar-refractivity contribution in [3.63, 3.8) is 0 Å². The van der Waals surface area contributed by atoms with Gasteiger partial charge >= 0.3 is 0 Å². The Morgan fingerprint density at radius 1 is 1.29 bits per heavy atom. The number of halogens is 2. The Hall–Kier alpha value is -1.94. The lowest BCUT2D eigenvalue weighted by Crippen LogP contribution is -2.39. The molecule has 0 amide bonds. The van der Waals surface area contributed by atoms with Crippen molar-refractivity contribution in [3.05, 3.63) is 54.0 Å². The maximum absolute atomic E-state index is 12.9. The molecule has 8 heteroatoms. The molecule has 1 aromatic carbocycles. The van der Waals surface area contributed by atoms with Gasteiger partial charge in [-0.25, -0.2) is 9.37 Å². The van der Waals surface area contributed by atoms with E-state index in [4.69, 9.17) is 9.47 Å². The smallest absolute Gasteiger partial charge is 0.219 e. The van der Waals surface area contributed by atoms with Gasteiger partial charge in [-0.2, -0.15) is 0 Å². The number of likely N-dealkylation sites (tertiary alicyclic amines) is 1. The normalized spacial score (nSPS) is 16.6. The van der Waals surface area contributed by atoms with Gasteiger partial charge in [0.2, 0.25) is 5.88 Å². The van der Waals surface area contributed by atoms with Gasteiger partial charge in [0, 0.05) is 52.0 Å². The van der Waals surface area contributed by atoms with Crippen LogP contribution in [0.4, 0.5) is 4.39 Å². The first kappa shape index (κ1) is 22.4. The van der Waals surface area contributed by atoms with Crippen molar-refractivity contribution in [3.8, 4) is 11.6 Å². The number of aliphatic imine (C=N–C) groups is 1. The Morgan fingerprint density at radius 3 is 2.71 bits per heavy atom. The lowest BCUT2D eigenvalue weighted by molar-refractivity contribution is 0.157. The molecule has 1 aliphatic heterocycles. The second kappa shape index (κ2) is 11.2. The van der Waals surface area contributed by atoms with Gasteiger partial charge in [-0.1, -0.05) is 6.07 Å². The van der Waals surface area contributed by atoms with E-state index in [0.717, 1.165) is 37.6 Å². The third kappa shape index (κ3) is 6.30. The molecule has 1 fully saturated rings. The zero-order valence-corrected chi connectivity index (χ0v) is 18.4. The number of benzene rings is 1. The topological polar surface area (TPSA) is 59.0 Å². The maximum Gasteiger partial charge on any atom is 0.219 e. The molecule has 1 N–H and O–H groups in total. The van der Waals surface area contributed by atoms with E-state index in [2.05, 4.69) is 20.2 Å². The van der Waals surface area contributed by atoms with Gasteiger partial charge in [-0.15, -0.1) is 24.0 Å². The highest BCUT2D eigenvalue weighted by Gasteiger charge is 2.24. The van der Waals surface area contributed by atoms with Gasteiger partial charge in [0.25, 0.3) is 0 Å². The van der Waals surface area contributed by atoms with Crippen LogP contribution >= 0.6 is 24.0 Å². The largest absolute Gasteiger partial charge is 0.439 e. The highest BCUT2D eigenvalue weighted by Crippen LogP contribution is 2.20. The van der Waals surface area contributed by atoms with Crippen LogP contribution in [0, 0.1) is 11.7 Å². The Bertz CT molecular complexity index is 756. The standard InChI is InChI=1S/C20H25FN4O2.HI/c1-22-20(25-10-9-16(13-25)14-26-2)24-12-15-3-8-19(23-11-15)27-18-6-4-17(21)5-7-18;/h3-8,11,16H,9-10,12-14H2,1-2H3,(H,22,24);1H. The van der Waals surface area contributed by atoms with Crippen LogP contribution in [-0.4, -0.2) is 49.7 Å². The fourth-order valence-electron chi connectivity index (χ4n) is 3.11. The average molecular weight is 500 g/mol. The van der Waals surface area contributed by atoms with Crippen molar-refractivity contribution >= 4 is 29.9 Å². The monoisotopic (exact) mass is 500 g/mol. The molecule has 2 heterocycles. The Morgan fingerprint density at radius 2 is 2.07 bits per heavy atom. The number of ether oxygens (including phenoxy) is 2. The number of aromatic nitrogens is 1. The minimum Gasteiger partial charge on any atom is -0.439 e.